The van der Waals surface area contributed by atoms with Crippen molar-refractivity contribution >= 4 is 27.6 Å². The molecule has 0 radical (unpaired) electrons. The summed E-state index contributed by atoms with van der Waals surface area (Å²) >= 11 is 3.51. The van der Waals surface area contributed by atoms with Crippen molar-refractivity contribution in [2.45, 2.75) is 19.3 Å². The number of anilines is 1. The minimum Gasteiger partial charge on any atom is -0.481 e. The van der Waals surface area contributed by atoms with E-state index in [-0.39, 0.29) is 6.42 Å². The third-order valence-electron chi connectivity index (χ3n) is 2.35. The Labute approximate surface area is 104 Å². The standard InChI is InChI=1S/C12H16BrNO2/c1-14(2)11-7-6-9(8-10(11)13)4-3-5-12(15)16/h6-8H,3-5H2,1-2H3,(H,15,16). The molecule has 0 saturated carbocycles. The fourth-order valence-electron chi connectivity index (χ4n) is 1.51. The summed E-state index contributed by atoms with van der Waals surface area (Å²) in [5.74, 6) is -0.732. The van der Waals surface area contributed by atoms with Crippen LogP contribution in [0.5, 0.6) is 0 Å². The fraction of sp³-hybridized carbons (Fsp3) is 0.417. The van der Waals surface area contributed by atoms with Crippen LogP contribution >= 0.6 is 15.9 Å². The maximum absolute atomic E-state index is 10.4. The fourth-order valence-corrected chi connectivity index (χ4v) is 2.29. The average molecular weight is 286 g/mol. The van der Waals surface area contributed by atoms with Crippen LogP contribution in [-0.2, 0) is 11.2 Å². The maximum atomic E-state index is 10.4. The summed E-state index contributed by atoms with van der Waals surface area (Å²) in [4.78, 5) is 12.4. The molecule has 4 heteroatoms. The van der Waals surface area contributed by atoms with Crippen molar-refractivity contribution in [2.75, 3.05) is 19.0 Å². The first kappa shape index (κ1) is 13.0. The van der Waals surface area contributed by atoms with Crippen molar-refractivity contribution < 1.29 is 9.90 Å². The van der Waals surface area contributed by atoms with Crippen molar-refractivity contribution in [3.8, 4) is 0 Å². The van der Waals surface area contributed by atoms with E-state index in [0.29, 0.717) is 6.42 Å². The summed E-state index contributed by atoms with van der Waals surface area (Å²) in [6, 6.07) is 6.14. The number of hydrogen-bond acceptors (Lipinski definition) is 2. The van der Waals surface area contributed by atoms with Crippen molar-refractivity contribution in [1.29, 1.82) is 0 Å². The number of halogens is 1. The molecule has 88 valence electrons. The Balaban J connectivity index is 2.63. The normalized spacial score (nSPS) is 10.2. The molecule has 0 aliphatic heterocycles. The van der Waals surface area contributed by atoms with Crippen LogP contribution in [-0.4, -0.2) is 25.2 Å². The van der Waals surface area contributed by atoms with Crippen LogP contribution in [0.4, 0.5) is 5.69 Å². The van der Waals surface area contributed by atoms with E-state index >= 15 is 0 Å². The van der Waals surface area contributed by atoms with Crippen LogP contribution in [0, 0.1) is 0 Å². The lowest BCUT2D eigenvalue weighted by atomic mass is 10.1. The van der Waals surface area contributed by atoms with Crippen LogP contribution in [0.15, 0.2) is 22.7 Å². The van der Waals surface area contributed by atoms with Gasteiger partial charge in [-0.3, -0.25) is 4.79 Å². The lowest BCUT2D eigenvalue weighted by molar-refractivity contribution is -0.137. The Kier molecular flexibility index (Phi) is 4.80. The van der Waals surface area contributed by atoms with Gasteiger partial charge in [0.05, 0.1) is 5.69 Å². The smallest absolute Gasteiger partial charge is 0.303 e. The highest BCUT2D eigenvalue weighted by Gasteiger charge is 2.04. The second-order valence-corrected chi connectivity index (χ2v) is 4.78. The molecule has 0 heterocycles. The van der Waals surface area contributed by atoms with E-state index in [2.05, 4.69) is 22.0 Å². The van der Waals surface area contributed by atoms with E-state index in [0.717, 1.165) is 16.6 Å². The summed E-state index contributed by atoms with van der Waals surface area (Å²) in [7, 11) is 3.98. The van der Waals surface area contributed by atoms with Crippen LogP contribution in [0.25, 0.3) is 0 Å². The van der Waals surface area contributed by atoms with Gasteiger partial charge in [0.15, 0.2) is 0 Å². The van der Waals surface area contributed by atoms with Crippen LogP contribution < -0.4 is 4.90 Å². The Bertz CT molecular complexity index is 377. The largest absolute Gasteiger partial charge is 0.481 e. The van der Waals surface area contributed by atoms with Crippen molar-refractivity contribution in [3.05, 3.63) is 28.2 Å². The topological polar surface area (TPSA) is 40.5 Å². The number of rotatable bonds is 5. The molecule has 0 atom stereocenters. The van der Waals surface area contributed by atoms with Crippen LogP contribution in [0.2, 0.25) is 0 Å². The second kappa shape index (κ2) is 5.89. The SMILES string of the molecule is CN(C)c1ccc(CCCC(=O)O)cc1Br. The summed E-state index contributed by atoms with van der Waals surface area (Å²) in [5, 5.41) is 8.55. The van der Waals surface area contributed by atoms with Gasteiger partial charge in [-0.05, 0) is 46.5 Å². The molecule has 1 aromatic rings. The number of carbonyl (C=O) groups is 1. The summed E-state index contributed by atoms with van der Waals surface area (Å²) in [5.41, 5.74) is 2.29. The number of nitrogens with zero attached hydrogens (tertiary/aromatic N) is 1. The van der Waals surface area contributed by atoms with Gasteiger partial charge in [-0.25, -0.2) is 0 Å². The first-order chi connectivity index (χ1) is 7.50. The zero-order valence-electron chi connectivity index (χ0n) is 9.53. The molecule has 3 nitrogen and oxygen atoms in total. The predicted molar refractivity (Wildman–Crippen MR) is 69.0 cm³/mol. The molecule has 0 aliphatic carbocycles. The summed E-state index contributed by atoms with van der Waals surface area (Å²) in [6.07, 6.45) is 1.72. The highest BCUT2D eigenvalue weighted by atomic mass is 79.9. The molecule has 0 unspecified atom stereocenters. The quantitative estimate of drug-likeness (QED) is 0.904. The van der Waals surface area contributed by atoms with Gasteiger partial charge in [0, 0.05) is 25.0 Å². The zero-order chi connectivity index (χ0) is 12.1. The molecular formula is C12H16BrNO2. The van der Waals surface area contributed by atoms with Crippen molar-refractivity contribution in [3.63, 3.8) is 0 Å². The molecule has 0 aromatic heterocycles. The monoisotopic (exact) mass is 285 g/mol. The van der Waals surface area contributed by atoms with Gasteiger partial charge >= 0.3 is 5.97 Å². The summed E-state index contributed by atoms with van der Waals surface area (Å²) in [6.45, 7) is 0. The first-order valence-corrected chi connectivity index (χ1v) is 5.97. The molecule has 0 aliphatic rings. The van der Waals surface area contributed by atoms with Crippen molar-refractivity contribution in [2.24, 2.45) is 0 Å². The lowest BCUT2D eigenvalue weighted by Gasteiger charge is -2.15. The lowest BCUT2D eigenvalue weighted by Crippen LogP contribution is -2.09. The highest BCUT2D eigenvalue weighted by molar-refractivity contribution is 9.10. The third-order valence-corrected chi connectivity index (χ3v) is 2.99. The van der Waals surface area contributed by atoms with Gasteiger partial charge in [0.25, 0.3) is 0 Å². The maximum Gasteiger partial charge on any atom is 0.303 e. The van der Waals surface area contributed by atoms with Crippen LogP contribution in [0.1, 0.15) is 18.4 Å². The number of aliphatic carboxylic acids is 1. The Hall–Kier alpha value is -1.03. The van der Waals surface area contributed by atoms with Gasteiger partial charge in [-0.15, -0.1) is 0 Å². The minimum absolute atomic E-state index is 0.229. The number of benzene rings is 1. The Morgan fingerprint density at radius 2 is 2.12 bits per heavy atom. The van der Waals surface area contributed by atoms with Crippen LogP contribution in [0.3, 0.4) is 0 Å². The minimum atomic E-state index is -0.732. The predicted octanol–water partition coefficient (Wildman–Crippen LogP) is 2.92. The van der Waals surface area contributed by atoms with E-state index in [1.165, 1.54) is 5.56 Å². The first-order valence-electron chi connectivity index (χ1n) is 5.18. The van der Waals surface area contributed by atoms with Gasteiger partial charge in [0.1, 0.15) is 0 Å². The van der Waals surface area contributed by atoms with E-state index in [1.807, 2.05) is 31.1 Å². The molecule has 16 heavy (non-hydrogen) atoms. The van der Waals surface area contributed by atoms with Gasteiger partial charge in [0.2, 0.25) is 0 Å². The molecule has 0 saturated heterocycles. The van der Waals surface area contributed by atoms with Gasteiger partial charge in [-0.2, -0.15) is 0 Å². The average Bonchev–Trinajstić information content (AvgIpc) is 2.16. The van der Waals surface area contributed by atoms with Gasteiger partial charge in [-0.1, -0.05) is 6.07 Å². The van der Waals surface area contributed by atoms with Crippen molar-refractivity contribution in [1.82, 2.24) is 0 Å². The molecule has 1 rings (SSSR count). The second-order valence-electron chi connectivity index (χ2n) is 3.93. The Morgan fingerprint density at radius 1 is 1.44 bits per heavy atom. The molecule has 0 bridgehead atoms. The molecule has 0 spiro atoms. The summed E-state index contributed by atoms with van der Waals surface area (Å²) < 4.78 is 1.05. The number of aryl methyl sites for hydroxylation is 1. The van der Waals surface area contributed by atoms with E-state index in [4.69, 9.17) is 5.11 Å². The van der Waals surface area contributed by atoms with E-state index < -0.39 is 5.97 Å². The molecule has 1 N–H and O–H groups in total. The van der Waals surface area contributed by atoms with E-state index in [9.17, 15) is 4.79 Å². The zero-order valence-corrected chi connectivity index (χ0v) is 11.1. The Morgan fingerprint density at radius 3 is 2.62 bits per heavy atom. The number of carboxylic acids is 1. The molecule has 0 amide bonds. The molecular weight excluding hydrogens is 270 g/mol. The highest BCUT2D eigenvalue weighted by Crippen LogP contribution is 2.26. The number of carboxylic acid groups (broad SMARTS) is 1. The third kappa shape index (κ3) is 3.85. The number of hydrogen-bond donors (Lipinski definition) is 1. The van der Waals surface area contributed by atoms with E-state index in [1.54, 1.807) is 0 Å². The molecule has 0 fully saturated rings. The van der Waals surface area contributed by atoms with Gasteiger partial charge < -0.3 is 10.0 Å². The molecule has 1 aromatic carbocycles.